The van der Waals surface area contributed by atoms with Crippen LogP contribution in [0.25, 0.3) is 10.9 Å². The van der Waals surface area contributed by atoms with E-state index in [0.717, 1.165) is 21.5 Å². The minimum Gasteiger partial charge on any atom is -0.480 e. The Labute approximate surface area is 103 Å². The molecule has 3 rings (SSSR count). The van der Waals surface area contributed by atoms with Gasteiger partial charge < -0.3 is 10.1 Å². The standard InChI is InChI=1S/C13H13NO2S/c1-6-3-9-11-8(5-14-9)7(2)12(13(15)16)17-10(11)4-6/h3-5,7,12,14H,1-2H3,(H,15,16). The topological polar surface area (TPSA) is 53.1 Å². The van der Waals surface area contributed by atoms with E-state index < -0.39 is 5.97 Å². The summed E-state index contributed by atoms with van der Waals surface area (Å²) in [4.78, 5) is 15.6. The minimum atomic E-state index is -0.732. The Bertz CT molecular complexity index is 617. The highest BCUT2D eigenvalue weighted by Gasteiger charge is 2.34. The van der Waals surface area contributed by atoms with Crippen LogP contribution in [0.4, 0.5) is 0 Å². The van der Waals surface area contributed by atoms with E-state index >= 15 is 0 Å². The Hall–Kier alpha value is -1.42. The fourth-order valence-corrected chi connectivity index (χ4v) is 3.84. The Morgan fingerprint density at radius 1 is 1.47 bits per heavy atom. The molecule has 2 unspecified atom stereocenters. The highest BCUT2D eigenvalue weighted by atomic mass is 32.2. The zero-order valence-electron chi connectivity index (χ0n) is 9.65. The van der Waals surface area contributed by atoms with E-state index in [-0.39, 0.29) is 11.2 Å². The van der Waals surface area contributed by atoms with Crippen molar-refractivity contribution in [3.05, 3.63) is 29.5 Å². The molecule has 1 aromatic carbocycles. The molecule has 2 heterocycles. The van der Waals surface area contributed by atoms with Crippen LogP contribution >= 0.6 is 11.8 Å². The second-order valence-corrected chi connectivity index (χ2v) is 5.78. The first-order valence-corrected chi connectivity index (χ1v) is 6.47. The Morgan fingerprint density at radius 2 is 2.24 bits per heavy atom. The van der Waals surface area contributed by atoms with Crippen molar-refractivity contribution in [2.45, 2.75) is 29.9 Å². The Morgan fingerprint density at radius 3 is 2.94 bits per heavy atom. The van der Waals surface area contributed by atoms with Gasteiger partial charge in [0.2, 0.25) is 0 Å². The number of H-pyrrole nitrogens is 1. The summed E-state index contributed by atoms with van der Waals surface area (Å²) in [6.45, 7) is 4.02. The molecule has 17 heavy (non-hydrogen) atoms. The van der Waals surface area contributed by atoms with Gasteiger partial charge in [0.25, 0.3) is 0 Å². The van der Waals surface area contributed by atoms with Crippen LogP contribution in [0.5, 0.6) is 0 Å². The molecule has 88 valence electrons. The number of thioether (sulfide) groups is 1. The smallest absolute Gasteiger partial charge is 0.317 e. The predicted octanol–water partition coefficient (Wildman–Crippen LogP) is 3.14. The van der Waals surface area contributed by atoms with Crippen LogP contribution in [0.1, 0.15) is 24.0 Å². The molecule has 0 saturated heterocycles. The van der Waals surface area contributed by atoms with Gasteiger partial charge in [0.1, 0.15) is 5.25 Å². The van der Waals surface area contributed by atoms with Crippen molar-refractivity contribution in [1.29, 1.82) is 0 Å². The van der Waals surface area contributed by atoms with E-state index in [2.05, 4.69) is 17.1 Å². The largest absolute Gasteiger partial charge is 0.480 e. The first-order valence-electron chi connectivity index (χ1n) is 5.59. The average molecular weight is 247 g/mol. The van der Waals surface area contributed by atoms with Crippen LogP contribution in [0.2, 0.25) is 0 Å². The van der Waals surface area contributed by atoms with Crippen LogP contribution in [0.3, 0.4) is 0 Å². The molecule has 0 fully saturated rings. The summed E-state index contributed by atoms with van der Waals surface area (Å²) in [5, 5.41) is 10.1. The van der Waals surface area contributed by atoms with Gasteiger partial charge in [-0.15, -0.1) is 11.8 Å². The number of benzene rings is 1. The van der Waals surface area contributed by atoms with E-state index in [0.29, 0.717) is 0 Å². The predicted molar refractivity (Wildman–Crippen MR) is 68.7 cm³/mol. The molecule has 0 radical (unpaired) electrons. The third-order valence-corrected chi connectivity index (χ3v) is 4.80. The zero-order valence-corrected chi connectivity index (χ0v) is 10.5. The molecule has 1 aromatic heterocycles. The van der Waals surface area contributed by atoms with Gasteiger partial charge in [0.05, 0.1) is 0 Å². The molecule has 3 nitrogen and oxygen atoms in total. The summed E-state index contributed by atoms with van der Waals surface area (Å²) >= 11 is 1.46. The average Bonchev–Trinajstić information content (AvgIpc) is 2.67. The van der Waals surface area contributed by atoms with Gasteiger partial charge in [0.15, 0.2) is 0 Å². The SMILES string of the molecule is Cc1cc2c3c(c[nH]c3c1)C(C)C(C(=O)O)S2. The van der Waals surface area contributed by atoms with Gasteiger partial charge in [-0.2, -0.15) is 0 Å². The molecule has 2 atom stereocenters. The number of carbonyl (C=O) groups is 1. The number of aryl methyl sites for hydroxylation is 1. The third-order valence-electron chi connectivity index (χ3n) is 3.36. The van der Waals surface area contributed by atoms with Crippen molar-refractivity contribution in [2.24, 2.45) is 0 Å². The molecule has 0 amide bonds. The molecular weight excluding hydrogens is 234 g/mol. The third kappa shape index (κ3) is 1.47. The maximum Gasteiger partial charge on any atom is 0.317 e. The van der Waals surface area contributed by atoms with Gasteiger partial charge in [-0.05, 0) is 30.2 Å². The van der Waals surface area contributed by atoms with E-state index in [4.69, 9.17) is 0 Å². The molecule has 2 N–H and O–H groups in total. The van der Waals surface area contributed by atoms with Gasteiger partial charge >= 0.3 is 5.97 Å². The highest BCUT2D eigenvalue weighted by molar-refractivity contribution is 8.01. The van der Waals surface area contributed by atoms with Gasteiger partial charge in [-0.1, -0.05) is 6.92 Å². The molecule has 1 aliphatic heterocycles. The summed E-state index contributed by atoms with van der Waals surface area (Å²) < 4.78 is 0. The van der Waals surface area contributed by atoms with Crippen molar-refractivity contribution in [1.82, 2.24) is 4.98 Å². The highest BCUT2D eigenvalue weighted by Crippen LogP contribution is 2.46. The lowest BCUT2D eigenvalue weighted by Crippen LogP contribution is -2.25. The molecule has 0 spiro atoms. The number of carboxylic acid groups (broad SMARTS) is 1. The normalized spacial score (nSPS) is 22.9. The summed E-state index contributed by atoms with van der Waals surface area (Å²) in [6.07, 6.45) is 1.95. The van der Waals surface area contributed by atoms with Crippen molar-refractivity contribution in [3.8, 4) is 0 Å². The Kier molecular flexibility index (Phi) is 2.23. The molecule has 0 bridgehead atoms. The number of hydrogen-bond donors (Lipinski definition) is 2. The lowest BCUT2D eigenvalue weighted by Gasteiger charge is -2.25. The monoisotopic (exact) mass is 247 g/mol. The first-order chi connectivity index (χ1) is 8.08. The number of aromatic amines is 1. The van der Waals surface area contributed by atoms with Crippen molar-refractivity contribution in [2.75, 3.05) is 0 Å². The quantitative estimate of drug-likeness (QED) is 0.814. The van der Waals surface area contributed by atoms with Crippen molar-refractivity contribution < 1.29 is 9.90 Å². The van der Waals surface area contributed by atoms with Crippen LogP contribution < -0.4 is 0 Å². The molecule has 0 saturated carbocycles. The lowest BCUT2D eigenvalue weighted by atomic mass is 9.95. The van der Waals surface area contributed by atoms with Crippen LogP contribution in [0.15, 0.2) is 23.2 Å². The molecule has 2 aromatic rings. The summed E-state index contributed by atoms with van der Waals surface area (Å²) in [5.74, 6) is -0.689. The molecule has 0 aliphatic carbocycles. The van der Waals surface area contributed by atoms with E-state index in [9.17, 15) is 9.90 Å². The van der Waals surface area contributed by atoms with Crippen molar-refractivity contribution in [3.63, 3.8) is 0 Å². The maximum atomic E-state index is 11.3. The van der Waals surface area contributed by atoms with E-state index in [1.165, 1.54) is 17.1 Å². The number of nitrogens with one attached hydrogen (secondary N) is 1. The second-order valence-electron chi connectivity index (χ2n) is 4.59. The van der Waals surface area contributed by atoms with E-state index in [1.807, 2.05) is 20.0 Å². The summed E-state index contributed by atoms with van der Waals surface area (Å²) in [6, 6.07) is 4.18. The number of carboxylic acids is 1. The van der Waals surface area contributed by atoms with Crippen LogP contribution in [-0.2, 0) is 4.79 Å². The number of rotatable bonds is 1. The van der Waals surface area contributed by atoms with Gasteiger partial charge in [-0.3, -0.25) is 4.79 Å². The van der Waals surface area contributed by atoms with Gasteiger partial charge in [-0.25, -0.2) is 0 Å². The summed E-state index contributed by atoms with van der Waals surface area (Å²) in [5.41, 5.74) is 3.39. The lowest BCUT2D eigenvalue weighted by molar-refractivity contribution is -0.136. The zero-order chi connectivity index (χ0) is 12.2. The molecule has 4 heteroatoms. The second kappa shape index (κ2) is 3.53. The minimum absolute atomic E-state index is 0.0430. The van der Waals surface area contributed by atoms with E-state index in [1.54, 1.807) is 0 Å². The number of aromatic nitrogens is 1. The fraction of sp³-hybridized carbons (Fsp3) is 0.308. The van der Waals surface area contributed by atoms with Gasteiger partial charge in [0, 0.05) is 27.9 Å². The maximum absolute atomic E-state index is 11.3. The van der Waals surface area contributed by atoms with Crippen LogP contribution in [0, 0.1) is 6.92 Å². The molecular formula is C13H13NO2S. The van der Waals surface area contributed by atoms with Crippen molar-refractivity contribution >= 4 is 28.6 Å². The summed E-state index contributed by atoms with van der Waals surface area (Å²) in [7, 11) is 0. The fourth-order valence-electron chi connectivity index (χ4n) is 2.51. The first kappa shape index (κ1) is 10.7. The molecule has 1 aliphatic rings. The number of aliphatic carboxylic acids is 1. The number of hydrogen-bond acceptors (Lipinski definition) is 2. The Balaban J connectivity index is 2.27. The van der Waals surface area contributed by atoms with Crippen LogP contribution in [-0.4, -0.2) is 21.3 Å².